The van der Waals surface area contributed by atoms with Crippen LogP contribution < -0.4 is 0 Å². The van der Waals surface area contributed by atoms with E-state index in [1.807, 2.05) is 12.2 Å². The van der Waals surface area contributed by atoms with E-state index in [1.165, 1.54) is 7.11 Å². The Labute approximate surface area is 88.9 Å². The minimum Gasteiger partial charge on any atom is -0.481 e. The van der Waals surface area contributed by atoms with E-state index in [1.54, 1.807) is 0 Å². The van der Waals surface area contributed by atoms with E-state index in [2.05, 4.69) is 4.74 Å². The molecule has 0 unspecified atom stereocenters. The Kier molecular flexibility index (Phi) is 3.88. The zero-order valence-electron chi connectivity index (χ0n) is 8.86. The normalized spacial score (nSPS) is 17.7. The lowest BCUT2D eigenvalue weighted by Gasteiger charge is -2.05. The monoisotopic (exact) mass is 212 g/mol. The van der Waals surface area contributed by atoms with Gasteiger partial charge in [0, 0.05) is 6.42 Å². The van der Waals surface area contributed by atoms with Gasteiger partial charge in [0.2, 0.25) is 0 Å². The zero-order chi connectivity index (χ0) is 11.3. The lowest BCUT2D eigenvalue weighted by atomic mass is 10.1. The summed E-state index contributed by atoms with van der Waals surface area (Å²) in [6.07, 6.45) is 6.92. The molecule has 0 bridgehead atoms. The average Bonchev–Trinajstić information content (AvgIpc) is 2.97. The van der Waals surface area contributed by atoms with Gasteiger partial charge in [-0.1, -0.05) is 12.2 Å². The van der Waals surface area contributed by atoms with Crippen molar-refractivity contribution in [3.05, 3.63) is 12.2 Å². The number of carboxylic acid groups (broad SMARTS) is 1. The Morgan fingerprint density at radius 2 is 2.13 bits per heavy atom. The molecule has 84 valence electrons. The first-order valence-corrected chi connectivity index (χ1v) is 5.09. The molecule has 0 aliphatic heterocycles. The fraction of sp³-hybridized carbons (Fsp3) is 0.636. The number of hydrogen-bond donors (Lipinski definition) is 1. The van der Waals surface area contributed by atoms with Crippen molar-refractivity contribution in [2.24, 2.45) is 5.41 Å². The molecule has 1 aliphatic rings. The summed E-state index contributed by atoms with van der Waals surface area (Å²) >= 11 is 0. The standard InChI is InChI=1S/C11H16O4/c1-15-10(14)11(7-8-11)6-4-2-3-5-9(12)13/h4,6H,2-3,5,7-8H2,1H3,(H,12,13)/b6-4-. The molecule has 0 radical (unpaired) electrons. The minimum atomic E-state index is -0.780. The first-order chi connectivity index (χ1) is 7.10. The van der Waals surface area contributed by atoms with Gasteiger partial charge in [0.15, 0.2) is 0 Å². The molecular weight excluding hydrogens is 196 g/mol. The molecule has 0 aromatic heterocycles. The maximum Gasteiger partial charge on any atom is 0.315 e. The number of hydrogen-bond acceptors (Lipinski definition) is 3. The summed E-state index contributed by atoms with van der Waals surface area (Å²) in [5, 5.41) is 8.41. The zero-order valence-corrected chi connectivity index (χ0v) is 8.86. The van der Waals surface area contributed by atoms with Crippen molar-refractivity contribution >= 4 is 11.9 Å². The summed E-state index contributed by atoms with van der Waals surface area (Å²) in [7, 11) is 1.39. The molecule has 1 fully saturated rings. The summed E-state index contributed by atoms with van der Waals surface area (Å²) in [6, 6.07) is 0. The second-order valence-corrected chi connectivity index (χ2v) is 3.84. The smallest absolute Gasteiger partial charge is 0.315 e. The van der Waals surface area contributed by atoms with E-state index in [0.717, 1.165) is 12.8 Å². The van der Waals surface area contributed by atoms with Gasteiger partial charge in [-0.15, -0.1) is 0 Å². The molecule has 4 nitrogen and oxygen atoms in total. The third-order valence-corrected chi connectivity index (χ3v) is 2.58. The third-order valence-electron chi connectivity index (χ3n) is 2.58. The molecule has 1 N–H and O–H groups in total. The van der Waals surface area contributed by atoms with Gasteiger partial charge in [0.25, 0.3) is 0 Å². The van der Waals surface area contributed by atoms with Crippen LogP contribution >= 0.6 is 0 Å². The third kappa shape index (κ3) is 3.38. The number of carboxylic acids is 1. The molecule has 1 rings (SSSR count). The van der Waals surface area contributed by atoms with Crippen LogP contribution in [0.15, 0.2) is 12.2 Å². The summed E-state index contributed by atoms with van der Waals surface area (Å²) in [6.45, 7) is 0. The number of aliphatic carboxylic acids is 1. The Morgan fingerprint density at radius 1 is 1.47 bits per heavy atom. The summed E-state index contributed by atoms with van der Waals surface area (Å²) in [4.78, 5) is 21.5. The average molecular weight is 212 g/mol. The molecule has 0 atom stereocenters. The number of unbranched alkanes of at least 4 members (excludes halogenated alkanes) is 1. The number of methoxy groups -OCH3 is 1. The van der Waals surface area contributed by atoms with Crippen LogP contribution in [0, 0.1) is 5.41 Å². The van der Waals surface area contributed by atoms with Crippen molar-refractivity contribution in [2.75, 3.05) is 7.11 Å². The van der Waals surface area contributed by atoms with E-state index in [4.69, 9.17) is 5.11 Å². The van der Waals surface area contributed by atoms with Gasteiger partial charge in [-0.25, -0.2) is 0 Å². The van der Waals surface area contributed by atoms with Crippen LogP contribution in [0.3, 0.4) is 0 Å². The van der Waals surface area contributed by atoms with Gasteiger partial charge in [0.1, 0.15) is 0 Å². The fourth-order valence-corrected chi connectivity index (χ4v) is 1.46. The largest absolute Gasteiger partial charge is 0.481 e. The maximum absolute atomic E-state index is 11.3. The number of carbonyl (C=O) groups excluding carboxylic acids is 1. The predicted molar refractivity (Wildman–Crippen MR) is 54.3 cm³/mol. The fourth-order valence-electron chi connectivity index (χ4n) is 1.46. The predicted octanol–water partition coefficient (Wildman–Crippen LogP) is 1.75. The first-order valence-electron chi connectivity index (χ1n) is 5.09. The molecule has 4 heteroatoms. The van der Waals surface area contributed by atoms with Crippen LogP contribution in [0.4, 0.5) is 0 Å². The van der Waals surface area contributed by atoms with E-state index >= 15 is 0 Å². The highest BCUT2D eigenvalue weighted by Gasteiger charge is 2.48. The highest BCUT2D eigenvalue weighted by molar-refractivity contribution is 5.82. The van der Waals surface area contributed by atoms with E-state index in [9.17, 15) is 9.59 Å². The van der Waals surface area contributed by atoms with Gasteiger partial charge in [-0.2, -0.15) is 0 Å². The summed E-state index contributed by atoms with van der Waals surface area (Å²) < 4.78 is 4.69. The SMILES string of the molecule is COC(=O)C1(/C=C\CCCC(=O)O)CC1. The Morgan fingerprint density at radius 3 is 2.60 bits per heavy atom. The molecule has 15 heavy (non-hydrogen) atoms. The molecule has 0 saturated heterocycles. The van der Waals surface area contributed by atoms with Crippen molar-refractivity contribution in [1.82, 2.24) is 0 Å². The van der Waals surface area contributed by atoms with Gasteiger partial charge in [-0.05, 0) is 25.7 Å². The highest BCUT2D eigenvalue weighted by Crippen LogP contribution is 2.48. The van der Waals surface area contributed by atoms with Crippen LogP contribution in [-0.2, 0) is 14.3 Å². The molecular formula is C11H16O4. The number of carbonyl (C=O) groups is 2. The molecule has 0 amide bonds. The molecule has 1 aliphatic carbocycles. The van der Waals surface area contributed by atoms with E-state index in [-0.39, 0.29) is 12.4 Å². The van der Waals surface area contributed by atoms with E-state index < -0.39 is 11.4 Å². The maximum atomic E-state index is 11.3. The second kappa shape index (κ2) is 4.96. The van der Waals surface area contributed by atoms with Gasteiger partial charge >= 0.3 is 11.9 Å². The van der Waals surface area contributed by atoms with Crippen molar-refractivity contribution in [3.63, 3.8) is 0 Å². The van der Waals surface area contributed by atoms with Gasteiger partial charge in [0.05, 0.1) is 12.5 Å². The van der Waals surface area contributed by atoms with Crippen molar-refractivity contribution in [3.8, 4) is 0 Å². The molecule has 1 saturated carbocycles. The number of rotatable bonds is 6. The van der Waals surface area contributed by atoms with Crippen LogP contribution in [0.1, 0.15) is 32.1 Å². The van der Waals surface area contributed by atoms with Crippen molar-refractivity contribution in [1.29, 1.82) is 0 Å². The highest BCUT2D eigenvalue weighted by atomic mass is 16.5. The molecule has 0 aromatic rings. The number of ether oxygens (including phenoxy) is 1. The second-order valence-electron chi connectivity index (χ2n) is 3.84. The first kappa shape index (κ1) is 11.8. The van der Waals surface area contributed by atoms with Crippen LogP contribution in [0.25, 0.3) is 0 Å². The van der Waals surface area contributed by atoms with Crippen molar-refractivity contribution in [2.45, 2.75) is 32.1 Å². The molecule has 0 heterocycles. The summed E-state index contributed by atoms with van der Waals surface area (Å²) in [5.41, 5.74) is -0.391. The van der Waals surface area contributed by atoms with Crippen LogP contribution in [0.5, 0.6) is 0 Å². The van der Waals surface area contributed by atoms with E-state index in [0.29, 0.717) is 12.8 Å². The lowest BCUT2D eigenvalue weighted by molar-refractivity contribution is -0.145. The molecule has 0 spiro atoms. The Hall–Kier alpha value is -1.32. The Balaban J connectivity index is 2.26. The molecule has 0 aromatic carbocycles. The lowest BCUT2D eigenvalue weighted by Crippen LogP contribution is -2.14. The minimum absolute atomic E-state index is 0.176. The number of esters is 1. The van der Waals surface area contributed by atoms with Crippen LogP contribution in [0.2, 0.25) is 0 Å². The quantitative estimate of drug-likeness (QED) is 0.414. The van der Waals surface area contributed by atoms with Crippen LogP contribution in [-0.4, -0.2) is 24.2 Å². The topological polar surface area (TPSA) is 63.6 Å². The number of allylic oxidation sites excluding steroid dienone is 1. The summed E-state index contributed by atoms with van der Waals surface area (Å²) in [5.74, 6) is -0.963. The Bertz CT molecular complexity index is 276. The van der Waals surface area contributed by atoms with Crippen molar-refractivity contribution < 1.29 is 19.4 Å². The van der Waals surface area contributed by atoms with Gasteiger partial charge in [-0.3, -0.25) is 9.59 Å². The van der Waals surface area contributed by atoms with Gasteiger partial charge < -0.3 is 9.84 Å².